The van der Waals surface area contributed by atoms with Crippen molar-refractivity contribution in [2.45, 2.75) is 44.2 Å². The Morgan fingerprint density at radius 1 is 0.479 bits per heavy atom. The Labute approximate surface area is 300 Å². The largest absolute Gasteiger partial charge is 0.147 e. The van der Waals surface area contributed by atoms with Crippen LogP contribution in [0.4, 0.5) is 0 Å². The number of aryl methyl sites for hydroxylation is 2. The van der Waals surface area contributed by atoms with E-state index in [2.05, 4.69) is 165 Å². The number of fused-ring (bicyclic) bond motifs is 4. The van der Waals surface area contributed by atoms with Gasteiger partial charge in [0.1, 0.15) is 0 Å². The first kappa shape index (κ1) is 34.8. The molecule has 2 aliphatic carbocycles. The molecule has 2 atom stereocenters. The van der Waals surface area contributed by atoms with Gasteiger partial charge < -0.3 is 0 Å². The van der Waals surface area contributed by atoms with Crippen molar-refractivity contribution in [3.8, 4) is 22.3 Å². The molecule has 0 bridgehead atoms. The fourth-order valence-corrected chi connectivity index (χ4v) is 30.8. The van der Waals surface area contributed by atoms with Gasteiger partial charge in [-0.25, -0.2) is 0 Å². The summed E-state index contributed by atoms with van der Waals surface area (Å²) in [7, 11) is 0. The second-order valence-corrected chi connectivity index (χ2v) is 45.7. The van der Waals surface area contributed by atoms with Crippen LogP contribution >= 0.6 is 24.8 Å². The van der Waals surface area contributed by atoms with Crippen LogP contribution in [0.15, 0.2) is 120 Å². The van der Waals surface area contributed by atoms with Crippen molar-refractivity contribution in [1.82, 2.24) is 0 Å². The van der Waals surface area contributed by atoms with E-state index < -0.39 is 17.4 Å². The van der Waals surface area contributed by atoms with Gasteiger partial charge in [0.2, 0.25) is 0 Å². The third-order valence-corrected chi connectivity index (χ3v) is 29.0. The van der Waals surface area contributed by atoms with Gasteiger partial charge in [-0.3, -0.25) is 0 Å². The van der Waals surface area contributed by atoms with Crippen LogP contribution in [0.2, 0.25) is 9.26 Å². The number of benzene rings is 6. The van der Waals surface area contributed by atoms with Crippen molar-refractivity contribution in [2.75, 3.05) is 0 Å². The molecule has 6 aromatic rings. The van der Waals surface area contributed by atoms with Gasteiger partial charge in [-0.1, -0.05) is 0 Å². The molecule has 0 radical (unpaired) electrons. The number of hydrogen-bond acceptors (Lipinski definition) is 0. The molecular weight excluding hydrogens is 719 g/mol. The van der Waals surface area contributed by atoms with Crippen LogP contribution in [0.25, 0.3) is 56.0 Å². The fourth-order valence-electron chi connectivity index (χ4n) is 9.61. The first-order valence-electron chi connectivity index (χ1n) is 16.7. The smallest absolute Gasteiger partial charge is 0.147 e. The van der Waals surface area contributed by atoms with E-state index in [-0.39, 0.29) is 24.8 Å². The van der Waals surface area contributed by atoms with Crippen LogP contribution in [0, 0.1) is 13.8 Å². The Hall–Kier alpha value is -3.00. The molecular formula is C44H44Cl2SiZr. The summed E-state index contributed by atoms with van der Waals surface area (Å²) in [4.78, 5) is 0. The molecule has 0 saturated carbocycles. The van der Waals surface area contributed by atoms with Crippen LogP contribution in [-0.2, 0) is 17.4 Å². The third kappa shape index (κ3) is 5.36. The molecule has 2 unspecified atom stereocenters. The molecule has 0 aliphatic heterocycles. The molecule has 0 nitrogen and oxygen atoms in total. The second kappa shape index (κ2) is 12.4. The molecule has 2 aliphatic rings. The van der Waals surface area contributed by atoms with E-state index in [1.807, 2.05) is 0 Å². The summed E-state index contributed by atoms with van der Waals surface area (Å²) >= 11 is -3.69. The van der Waals surface area contributed by atoms with Crippen molar-refractivity contribution in [2.24, 2.45) is 0 Å². The minimum Gasteiger partial charge on any atom is -0.147 e. The molecule has 0 N–H and O–H groups in total. The number of allylic oxidation sites excluding steroid dienone is 2. The maximum Gasteiger partial charge on any atom is -0.147 e. The molecule has 4 heteroatoms. The van der Waals surface area contributed by atoms with Crippen molar-refractivity contribution in [1.29, 1.82) is 0 Å². The maximum atomic E-state index is 2.76. The minimum absolute atomic E-state index is 0. The van der Waals surface area contributed by atoms with Gasteiger partial charge in [-0.05, 0) is 0 Å². The molecule has 0 amide bonds. The van der Waals surface area contributed by atoms with Crippen molar-refractivity contribution >= 4 is 65.4 Å². The fraction of sp³-hybridized carbons (Fsp3) is 0.182. The monoisotopic (exact) mass is 760 g/mol. The van der Waals surface area contributed by atoms with Gasteiger partial charge in [0.15, 0.2) is 0 Å². The van der Waals surface area contributed by atoms with E-state index in [0.29, 0.717) is 7.25 Å². The molecule has 8 rings (SSSR count). The first-order valence-corrected chi connectivity index (χ1v) is 30.4. The Morgan fingerprint density at radius 2 is 0.854 bits per heavy atom. The van der Waals surface area contributed by atoms with E-state index in [1.54, 1.807) is 22.3 Å². The van der Waals surface area contributed by atoms with Gasteiger partial charge in [0, 0.05) is 0 Å². The van der Waals surface area contributed by atoms with E-state index in [0.717, 1.165) is 0 Å². The summed E-state index contributed by atoms with van der Waals surface area (Å²) in [6.45, 7) is 11.9. The molecule has 0 fully saturated rings. The van der Waals surface area contributed by atoms with Crippen LogP contribution in [-0.4, -0.2) is 6.88 Å². The quantitative estimate of drug-likeness (QED) is 0.157. The average Bonchev–Trinajstić information content (AvgIpc) is 3.56. The topological polar surface area (TPSA) is 0 Å². The Bertz CT molecular complexity index is 2230. The van der Waals surface area contributed by atoms with Gasteiger partial charge in [0.05, 0.1) is 0 Å². The molecule has 242 valence electrons. The normalized spacial score (nSPS) is 16.9. The predicted octanol–water partition coefficient (Wildman–Crippen LogP) is 12.7. The van der Waals surface area contributed by atoms with Gasteiger partial charge in [0.25, 0.3) is 0 Å². The molecule has 0 heterocycles. The predicted molar refractivity (Wildman–Crippen MR) is 216 cm³/mol. The molecule has 0 spiro atoms. The minimum atomic E-state index is -3.69. The third-order valence-electron chi connectivity index (χ3n) is 11.0. The summed E-state index contributed by atoms with van der Waals surface area (Å²) in [6.07, 6.45) is 5.11. The van der Waals surface area contributed by atoms with Gasteiger partial charge in [-0.2, -0.15) is 0 Å². The number of hydrogen-bond donors (Lipinski definition) is 0. The zero-order valence-electron chi connectivity index (χ0n) is 28.7. The maximum absolute atomic E-state index is 3.69. The summed E-state index contributed by atoms with van der Waals surface area (Å²) in [6, 6.07) is 41.2. The van der Waals surface area contributed by atoms with Crippen LogP contribution in [0.3, 0.4) is 0 Å². The van der Waals surface area contributed by atoms with Crippen LogP contribution < -0.4 is 0 Å². The van der Waals surface area contributed by atoms with Crippen molar-refractivity contribution in [3.05, 3.63) is 154 Å². The van der Waals surface area contributed by atoms with Crippen LogP contribution in [0.5, 0.6) is 0 Å². The van der Waals surface area contributed by atoms with Crippen molar-refractivity contribution < 1.29 is 17.4 Å². The Kier molecular flexibility index (Phi) is 9.00. The zero-order chi connectivity index (χ0) is 32.0. The van der Waals surface area contributed by atoms with Gasteiger partial charge in [-0.15, -0.1) is 24.8 Å². The molecule has 48 heavy (non-hydrogen) atoms. The summed E-state index contributed by atoms with van der Waals surface area (Å²) in [5, 5.41) is 5.28. The first-order chi connectivity index (χ1) is 22.0. The number of rotatable bonds is 4. The Balaban J connectivity index is 0.00000201. The average molecular weight is 763 g/mol. The molecule has 6 aromatic carbocycles. The van der Waals surface area contributed by atoms with E-state index in [9.17, 15) is 0 Å². The number of halogens is 2. The second-order valence-electron chi connectivity index (χ2n) is 15.3. The summed E-state index contributed by atoms with van der Waals surface area (Å²) < 4.78 is 6.50. The molecule has 0 saturated heterocycles. The Morgan fingerprint density at radius 3 is 1.27 bits per heavy atom. The SMILES string of the molecule is CC1=Cc2c(-c3cccc4ccccc34)cc(C)cc2[CH]1[Zr]([CH3])([CH3])(=[SiH2])[CH]1C(C)=Cc2c(-c3cccc4ccccc34)cc(C)cc21.Cl.Cl. The zero-order valence-corrected chi connectivity index (χ0v) is 34.2. The van der Waals surface area contributed by atoms with E-state index in [4.69, 9.17) is 0 Å². The van der Waals surface area contributed by atoms with E-state index >= 15 is 0 Å². The van der Waals surface area contributed by atoms with Crippen LogP contribution in [0.1, 0.15) is 54.5 Å². The van der Waals surface area contributed by atoms with E-state index in [1.165, 1.54) is 66.1 Å². The van der Waals surface area contributed by atoms with Gasteiger partial charge >= 0.3 is 278 Å². The molecule has 0 aromatic heterocycles. The van der Waals surface area contributed by atoms with Crippen molar-refractivity contribution in [3.63, 3.8) is 0 Å². The summed E-state index contributed by atoms with van der Waals surface area (Å²) in [5.41, 5.74) is 17.3. The summed E-state index contributed by atoms with van der Waals surface area (Å²) in [5.74, 6) is 0. The standard InChI is InChI=1S/2C21H17.2CH3.2ClH.H2Si.Zr/c2*1-14-10-17-11-15(2)13-21(20(17)12-14)19-9-5-7-16-6-3-4-8-18(16)19;;;;;;/h2*3-13H,1-2H3;2*1H3;2*1H;1H2;.